The second-order valence-electron chi connectivity index (χ2n) is 4.36. The van der Waals surface area contributed by atoms with E-state index >= 15 is 0 Å². The molecule has 0 saturated heterocycles. The van der Waals surface area contributed by atoms with Gasteiger partial charge in [0.05, 0.1) is 20.1 Å². The zero-order valence-corrected chi connectivity index (χ0v) is 11.3. The van der Waals surface area contributed by atoms with Gasteiger partial charge in [0.15, 0.2) is 0 Å². The van der Waals surface area contributed by atoms with E-state index in [1.54, 1.807) is 0 Å². The molecule has 1 aromatic rings. The largest absolute Gasteiger partial charge is 1.00 e. The van der Waals surface area contributed by atoms with Gasteiger partial charge in [0.2, 0.25) is 0 Å². The Morgan fingerprint density at radius 3 is 2.00 bits per heavy atom. The number of hydrogen-bond donors (Lipinski definition) is 0. The summed E-state index contributed by atoms with van der Waals surface area (Å²) in [6.45, 7) is 11.7. The van der Waals surface area contributed by atoms with E-state index < -0.39 is 0 Å². The summed E-state index contributed by atoms with van der Waals surface area (Å²) < 4.78 is 1.10. The van der Waals surface area contributed by atoms with Gasteiger partial charge in [-0.05, 0) is 19.4 Å². The van der Waals surface area contributed by atoms with Crippen LogP contribution in [-0.2, 0) is 6.54 Å². The van der Waals surface area contributed by atoms with Crippen molar-refractivity contribution < 1.29 is 16.9 Å². The minimum absolute atomic E-state index is 0. The molecule has 0 N–H and O–H groups in total. The van der Waals surface area contributed by atoms with Crippen LogP contribution in [0.5, 0.6) is 0 Å². The van der Waals surface area contributed by atoms with E-state index in [0.29, 0.717) is 0 Å². The molecule has 0 spiro atoms. The summed E-state index contributed by atoms with van der Waals surface area (Å²) >= 11 is 0. The highest BCUT2D eigenvalue weighted by Gasteiger charge is 2.16. The molecule has 0 aromatic heterocycles. The zero-order valence-electron chi connectivity index (χ0n) is 10.5. The Labute approximate surface area is 106 Å². The second-order valence-corrected chi connectivity index (χ2v) is 4.36. The van der Waals surface area contributed by atoms with Crippen molar-refractivity contribution in [2.75, 3.05) is 20.1 Å². The highest BCUT2D eigenvalue weighted by atomic mass is 35.5. The summed E-state index contributed by atoms with van der Waals surface area (Å²) in [6, 6.07) is 8.69. The van der Waals surface area contributed by atoms with E-state index in [1.165, 1.54) is 24.2 Å². The van der Waals surface area contributed by atoms with Crippen LogP contribution in [0.1, 0.15) is 25.0 Å². The van der Waals surface area contributed by atoms with Gasteiger partial charge in [-0.2, -0.15) is 0 Å². The molecule has 0 amide bonds. The fourth-order valence-corrected chi connectivity index (χ4v) is 1.65. The van der Waals surface area contributed by atoms with Crippen molar-refractivity contribution in [2.45, 2.75) is 20.4 Å². The molecule has 0 radical (unpaired) electrons. The first-order valence-electron chi connectivity index (χ1n) is 5.68. The van der Waals surface area contributed by atoms with Crippen LogP contribution in [0.25, 0.3) is 6.08 Å². The highest BCUT2D eigenvalue weighted by molar-refractivity contribution is 5.47. The van der Waals surface area contributed by atoms with Crippen molar-refractivity contribution in [3.63, 3.8) is 0 Å². The third-order valence-corrected chi connectivity index (χ3v) is 3.31. The van der Waals surface area contributed by atoms with Gasteiger partial charge in [-0.25, -0.2) is 0 Å². The van der Waals surface area contributed by atoms with Gasteiger partial charge >= 0.3 is 0 Å². The van der Waals surface area contributed by atoms with Crippen LogP contribution < -0.4 is 12.4 Å². The molecule has 0 saturated carbocycles. The Kier molecular flexibility index (Phi) is 6.39. The first-order chi connectivity index (χ1) is 7.13. The van der Waals surface area contributed by atoms with Crippen molar-refractivity contribution in [1.29, 1.82) is 0 Å². The van der Waals surface area contributed by atoms with Gasteiger partial charge in [0.1, 0.15) is 6.54 Å². The molecular weight excluding hydrogens is 218 g/mol. The number of halogens is 1. The molecule has 0 unspecified atom stereocenters. The lowest BCUT2D eigenvalue weighted by molar-refractivity contribution is -0.919. The van der Waals surface area contributed by atoms with Gasteiger partial charge in [-0.1, -0.05) is 36.9 Å². The molecular formula is C14H22ClN. The lowest BCUT2D eigenvalue weighted by Gasteiger charge is -2.32. The van der Waals surface area contributed by atoms with Gasteiger partial charge in [0.25, 0.3) is 0 Å². The number of nitrogens with zero attached hydrogens (tertiary/aromatic N) is 1. The second kappa shape index (κ2) is 6.72. The monoisotopic (exact) mass is 239 g/mol. The summed E-state index contributed by atoms with van der Waals surface area (Å²) in [5.74, 6) is 0. The first-order valence-corrected chi connectivity index (χ1v) is 5.68. The summed E-state index contributed by atoms with van der Waals surface area (Å²) in [4.78, 5) is 0. The van der Waals surface area contributed by atoms with Crippen molar-refractivity contribution in [2.24, 2.45) is 0 Å². The van der Waals surface area contributed by atoms with Crippen LogP contribution in [0, 0.1) is 0 Å². The lowest BCUT2D eigenvalue weighted by atomic mass is 10.1. The van der Waals surface area contributed by atoms with Crippen LogP contribution in [0.15, 0.2) is 30.8 Å². The Hall–Kier alpha value is -0.790. The molecule has 16 heavy (non-hydrogen) atoms. The van der Waals surface area contributed by atoms with Crippen molar-refractivity contribution in [1.82, 2.24) is 0 Å². The Balaban J connectivity index is 0.00000225. The van der Waals surface area contributed by atoms with Crippen molar-refractivity contribution in [3.8, 4) is 0 Å². The Morgan fingerprint density at radius 2 is 1.62 bits per heavy atom. The zero-order chi connectivity index (χ0) is 11.3. The molecule has 0 bridgehead atoms. The molecule has 1 nitrogen and oxygen atoms in total. The average molecular weight is 240 g/mol. The fraction of sp³-hybridized carbons (Fsp3) is 0.429. The van der Waals surface area contributed by atoms with Crippen LogP contribution in [-0.4, -0.2) is 24.6 Å². The molecule has 0 aliphatic heterocycles. The van der Waals surface area contributed by atoms with Crippen LogP contribution >= 0.6 is 0 Å². The predicted octanol–water partition coefficient (Wildman–Crippen LogP) is 0.320. The summed E-state index contributed by atoms with van der Waals surface area (Å²) in [5, 5.41) is 0. The number of hydrogen-bond acceptors (Lipinski definition) is 0. The van der Waals surface area contributed by atoms with E-state index in [-0.39, 0.29) is 12.4 Å². The van der Waals surface area contributed by atoms with E-state index in [9.17, 15) is 0 Å². The van der Waals surface area contributed by atoms with Crippen LogP contribution in [0.4, 0.5) is 0 Å². The fourth-order valence-electron chi connectivity index (χ4n) is 1.65. The first kappa shape index (κ1) is 15.2. The maximum Gasteiger partial charge on any atom is 0.104 e. The standard InChI is InChI=1S/C14H22N.ClH/c1-5-13-8-10-14(11-9-13)12-15(4,6-2)7-3;/h5,8-11H,1,6-7,12H2,2-4H3;1H/q+1;/p-1. The third kappa shape index (κ3) is 3.99. The van der Waals surface area contributed by atoms with E-state index in [0.717, 1.165) is 11.0 Å². The van der Waals surface area contributed by atoms with Crippen molar-refractivity contribution in [3.05, 3.63) is 42.0 Å². The van der Waals surface area contributed by atoms with Gasteiger partial charge < -0.3 is 16.9 Å². The predicted molar refractivity (Wildman–Crippen MR) is 67.5 cm³/mol. The number of benzene rings is 1. The van der Waals surface area contributed by atoms with Gasteiger partial charge in [0, 0.05) is 5.56 Å². The maximum absolute atomic E-state index is 3.76. The minimum Gasteiger partial charge on any atom is -1.00 e. The van der Waals surface area contributed by atoms with Crippen LogP contribution in [0.3, 0.4) is 0 Å². The summed E-state index contributed by atoms with van der Waals surface area (Å²) in [7, 11) is 2.31. The lowest BCUT2D eigenvalue weighted by Crippen LogP contribution is -3.00. The molecule has 0 aliphatic carbocycles. The maximum atomic E-state index is 3.76. The summed E-state index contributed by atoms with van der Waals surface area (Å²) in [6.07, 6.45) is 1.89. The molecule has 0 aliphatic rings. The summed E-state index contributed by atoms with van der Waals surface area (Å²) in [5.41, 5.74) is 2.60. The molecule has 0 heterocycles. The molecule has 1 aromatic carbocycles. The molecule has 2 heteroatoms. The molecule has 0 fully saturated rings. The SMILES string of the molecule is C=Cc1ccc(C[N+](C)(CC)CC)cc1.[Cl-]. The van der Waals surface area contributed by atoms with Gasteiger partial charge in [-0.3, -0.25) is 0 Å². The van der Waals surface area contributed by atoms with Gasteiger partial charge in [-0.15, -0.1) is 0 Å². The normalized spacial score (nSPS) is 10.7. The molecule has 0 atom stereocenters. The third-order valence-electron chi connectivity index (χ3n) is 3.31. The number of rotatable bonds is 5. The smallest absolute Gasteiger partial charge is 0.104 e. The molecule has 1 rings (SSSR count). The minimum atomic E-state index is 0. The Bertz CT molecular complexity index is 312. The number of quaternary nitrogens is 1. The molecule has 90 valence electrons. The average Bonchev–Trinajstić information content (AvgIpc) is 2.30. The van der Waals surface area contributed by atoms with E-state index in [2.05, 4.69) is 51.7 Å². The van der Waals surface area contributed by atoms with Crippen molar-refractivity contribution >= 4 is 6.08 Å². The van der Waals surface area contributed by atoms with E-state index in [1.807, 2.05) is 6.08 Å². The highest BCUT2D eigenvalue weighted by Crippen LogP contribution is 2.12. The quantitative estimate of drug-likeness (QED) is 0.650. The Morgan fingerprint density at radius 1 is 1.12 bits per heavy atom. The van der Waals surface area contributed by atoms with Crippen LogP contribution in [0.2, 0.25) is 0 Å². The van der Waals surface area contributed by atoms with E-state index in [4.69, 9.17) is 0 Å². The topological polar surface area (TPSA) is 0 Å².